The Morgan fingerprint density at radius 2 is 2.00 bits per heavy atom. The molecule has 0 radical (unpaired) electrons. The van der Waals surface area contributed by atoms with Crippen molar-refractivity contribution in [2.75, 3.05) is 11.5 Å². The van der Waals surface area contributed by atoms with Crippen LogP contribution in [0.15, 0.2) is 30.3 Å². The minimum Gasteiger partial charge on any atom is -0.0622 e. The molecule has 12 heavy (non-hydrogen) atoms. The van der Waals surface area contributed by atoms with Gasteiger partial charge in [0.15, 0.2) is 0 Å². The Morgan fingerprint density at radius 3 is 2.67 bits per heavy atom. The summed E-state index contributed by atoms with van der Waals surface area (Å²) >= 11 is 1.65. The van der Waals surface area contributed by atoms with Crippen LogP contribution in [0.25, 0.3) is 0 Å². The van der Waals surface area contributed by atoms with Gasteiger partial charge in [-0.3, -0.25) is 0 Å². The zero-order chi connectivity index (χ0) is 8.23. The molecule has 1 unspecified atom stereocenters. The van der Waals surface area contributed by atoms with E-state index in [1.54, 1.807) is 17.3 Å². The van der Waals surface area contributed by atoms with Crippen molar-refractivity contribution in [2.45, 2.75) is 18.8 Å². The van der Waals surface area contributed by atoms with Crippen molar-refractivity contribution in [1.29, 1.82) is 0 Å². The van der Waals surface area contributed by atoms with E-state index >= 15 is 0 Å². The highest BCUT2D eigenvalue weighted by Gasteiger charge is 2.19. The summed E-state index contributed by atoms with van der Waals surface area (Å²) < 4.78 is 0. The minimum absolute atomic E-state index is 0.849. The molecule has 0 saturated carbocycles. The average Bonchev–Trinajstić information content (AvgIpc) is 2.21. The van der Waals surface area contributed by atoms with Crippen molar-refractivity contribution >= 4 is 11.8 Å². The van der Waals surface area contributed by atoms with Gasteiger partial charge in [0.25, 0.3) is 0 Å². The highest BCUT2D eigenvalue weighted by molar-refractivity contribution is 7.78. The van der Waals surface area contributed by atoms with E-state index in [2.05, 4.69) is 30.3 Å². The maximum Gasteiger partial charge on any atom is 0.112 e. The van der Waals surface area contributed by atoms with Crippen molar-refractivity contribution in [1.82, 2.24) is 0 Å². The fourth-order valence-electron chi connectivity index (χ4n) is 1.79. The summed E-state index contributed by atoms with van der Waals surface area (Å²) in [7, 11) is 0. The molecule has 1 heterocycles. The van der Waals surface area contributed by atoms with Gasteiger partial charge >= 0.3 is 0 Å². The molecule has 1 atom stereocenters. The topological polar surface area (TPSA) is 0 Å². The molecule has 0 N–H and O–H groups in total. The third-order valence-electron chi connectivity index (χ3n) is 2.49. The molecule has 0 aliphatic carbocycles. The predicted octanol–water partition coefficient (Wildman–Crippen LogP) is 2.38. The summed E-state index contributed by atoms with van der Waals surface area (Å²) in [5.41, 5.74) is 1.55. The van der Waals surface area contributed by atoms with Crippen molar-refractivity contribution in [2.24, 2.45) is 0 Å². The van der Waals surface area contributed by atoms with Crippen LogP contribution in [0.2, 0.25) is 0 Å². The van der Waals surface area contributed by atoms with E-state index in [0.717, 1.165) is 5.92 Å². The van der Waals surface area contributed by atoms with Gasteiger partial charge in [-0.2, -0.15) is 0 Å². The summed E-state index contributed by atoms with van der Waals surface area (Å²) in [5, 5.41) is 0. The molecule has 1 heteroatoms. The smallest absolute Gasteiger partial charge is 0.0622 e. The molecule has 0 nitrogen and oxygen atoms in total. The van der Waals surface area contributed by atoms with Gasteiger partial charge < -0.3 is 0 Å². The lowest BCUT2D eigenvalue weighted by Crippen LogP contribution is -2.14. The highest BCUT2D eigenvalue weighted by Crippen LogP contribution is 2.24. The number of hydrogen-bond acceptors (Lipinski definition) is 0. The van der Waals surface area contributed by atoms with Crippen molar-refractivity contribution in [3.05, 3.63) is 35.9 Å². The third-order valence-corrected chi connectivity index (χ3v) is 3.82. The Hall–Kier alpha value is -0.430. The fourth-order valence-corrected chi connectivity index (χ4v) is 3.08. The predicted molar refractivity (Wildman–Crippen MR) is 56.9 cm³/mol. The van der Waals surface area contributed by atoms with Crippen molar-refractivity contribution in [3.63, 3.8) is 0 Å². The summed E-state index contributed by atoms with van der Waals surface area (Å²) in [6, 6.07) is 10.9. The maximum absolute atomic E-state index is 2.27. The van der Waals surface area contributed by atoms with Crippen molar-refractivity contribution < 1.29 is 0 Å². The second-order valence-electron chi connectivity index (χ2n) is 3.38. The second-order valence-corrected chi connectivity index (χ2v) is 4.64. The lowest BCUT2D eigenvalue weighted by molar-refractivity contribution is 0.659. The molecule has 0 amide bonds. The molecule has 1 aliphatic rings. The quantitative estimate of drug-likeness (QED) is 0.458. The van der Waals surface area contributed by atoms with Crippen LogP contribution in [0.5, 0.6) is 0 Å². The Balaban J connectivity index is 2.08. The Morgan fingerprint density at radius 1 is 1.17 bits per heavy atom. The molecule has 0 spiro atoms. The van der Waals surface area contributed by atoms with Gasteiger partial charge in [0, 0.05) is 5.92 Å². The molecule has 0 aromatic heterocycles. The van der Waals surface area contributed by atoms with E-state index in [0.29, 0.717) is 0 Å². The maximum atomic E-state index is 2.27. The molecule has 2 rings (SSSR count). The number of thiol groups is 1. The first-order valence-corrected chi connectivity index (χ1v) is 5.91. The largest absolute Gasteiger partial charge is 0.112 e. The Labute approximate surface area is 78.4 Å². The van der Waals surface area contributed by atoms with Crippen LogP contribution in [0.3, 0.4) is 0 Å². The first kappa shape index (κ1) is 8.18. The molecule has 0 bridgehead atoms. The van der Waals surface area contributed by atoms with E-state index in [-0.39, 0.29) is 0 Å². The summed E-state index contributed by atoms with van der Waals surface area (Å²) in [4.78, 5) is 0. The fraction of sp³-hybridized carbons (Fsp3) is 0.455. The van der Waals surface area contributed by atoms with Crippen molar-refractivity contribution in [3.8, 4) is 0 Å². The van der Waals surface area contributed by atoms with E-state index in [4.69, 9.17) is 0 Å². The molecule has 1 fully saturated rings. The first-order valence-electron chi connectivity index (χ1n) is 4.65. The van der Waals surface area contributed by atoms with Crippen LogP contribution < -0.4 is 0 Å². The monoisotopic (exact) mass is 179 g/mol. The zero-order valence-electron chi connectivity index (χ0n) is 7.24. The molecule has 1 aromatic carbocycles. The van der Waals surface area contributed by atoms with Crippen LogP contribution in [-0.2, 0) is 11.8 Å². The molecular formula is C11H15S+. The molecule has 1 aromatic rings. The summed E-state index contributed by atoms with van der Waals surface area (Å²) in [6.07, 6.45) is 2.82. The Bertz CT molecular complexity index is 224. The van der Waals surface area contributed by atoms with Crippen LogP contribution in [0.4, 0.5) is 0 Å². The lowest BCUT2D eigenvalue weighted by atomic mass is 9.96. The zero-order valence-corrected chi connectivity index (χ0v) is 8.13. The summed E-state index contributed by atoms with van der Waals surface area (Å²) in [5.74, 6) is 3.65. The standard InChI is InChI=1S/C11H14S/c1-2-5-10(6-3-1)11-7-4-8-12-9-11/h1-3,5-6,11H,4,7-9H2/p+1. The molecule has 1 aliphatic heterocycles. The number of benzene rings is 1. The molecule has 64 valence electrons. The Kier molecular flexibility index (Phi) is 2.72. The number of rotatable bonds is 1. The van der Waals surface area contributed by atoms with E-state index in [9.17, 15) is 0 Å². The van der Waals surface area contributed by atoms with Crippen LogP contribution in [-0.4, -0.2) is 11.5 Å². The second kappa shape index (κ2) is 3.99. The van der Waals surface area contributed by atoms with Gasteiger partial charge in [0.2, 0.25) is 0 Å². The van der Waals surface area contributed by atoms with E-state index in [1.807, 2.05) is 0 Å². The van der Waals surface area contributed by atoms with Crippen LogP contribution >= 0.6 is 0 Å². The average molecular weight is 179 g/mol. The number of hydrogen-bond donors (Lipinski definition) is 0. The highest BCUT2D eigenvalue weighted by atomic mass is 32.2. The third kappa shape index (κ3) is 1.84. The van der Waals surface area contributed by atoms with Crippen LogP contribution in [0.1, 0.15) is 24.3 Å². The van der Waals surface area contributed by atoms with Gasteiger partial charge in [-0.15, -0.1) is 0 Å². The van der Waals surface area contributed by atoms with Gasteiger partial charge in [-0.25, -0.2) is 0 Å². The van der Waals surface area contributed by atoms with Gasteiger partial charge in [-0.05, 0) is 30.2 Å². The SMILES string of the molecule is c1ccc(C2CCC[SH+]C2)cc1. The minimum atomic E-state index is 0.849. The van der Waals surface area contributed by atoms with Gasteiger partial charge in [0.05, 0.1) is 0 Å². The van der Waals surface area contributed by atoms with Crippen LogP contribution in [0, 0.1) is 0 Å². The normalized spacial score (nSPS) is 23.8. The van der Waals surface area contributed by atoms with Gasteiger partial charge in [0.1, 0.15) is 11.5 Å². The van der Waals surface area contributed by atoms with E-state index in [1.165, 1.54) is 24.3 Å². The summed E-state index contributed by atoms with van der Waals surface area (Å²) in [6.45, 7) is 0. The lowest BCUT2D eigenvalue weighted by Gasteiger charge is -2.16. The molecular weight excluding hydrogens is 164 g/mol. The first-order chi connectivity index (χ1) is 5.97. The molecule has 1 saturated heterocycles. The van der Waals surface area contributed by atoms with Gasteiger partial charge in [-0.1, -0.05) is 30.3 Å². The van der Waals surface area contributed by atoms with E-state index < -0.39 is 0 Å².